The van der Waals surface area contributed by atoms with E-state index in [2.05, 4.69) is 21.5 Å². The van der Waals surface area contributed by atoms with E-state index in [9.17, 15) is 26.8 Å². The Labute approximate surface area is 245 Å². The van der Waals surface area contributed by atoms with Gasteiger partial charge in [0.15, 0.2) is 21.3 Å². The van der Waals surface area contributed by atoms with Crippen LogP contribution in [-0.4, -0.2) is 70.2 Å². The molecule has 0 spiro atoms. The van der Waals surface area contributed by atoms with Gasteiger partial charge in [0, 0.05) is 37.6 Å². The van der Waals surface area contributed by atoms with E-state index in [4.69, 9.17) is 0 Å². The van der Waals surface area contributed by atoms with Gasteiger partial charge in [0.2, 0.25) is 5.91 Å². The lowest BCUT2D eigenvalue weighted by Crippen LogP contribution is -2.58. The topological polar surface area (TPSA) is 118 Å². The third-order valence-corrected chi connectivity index (χ3v) is 8.47. The number of amides is 1. The standard InChI is InChI=1S/C29H27F3N6O4S/c1-6-23(39)36-13-15(2)37(16(3)14-36)28-18-12-21(32)25(24-19(30)8-7-9-20(24)31)34-27(18)38(29(40)35-28)26-17(4)33-11-10-22(26)43(5,41)42/h6-12,15-16H,1,13-14H2,2-5H3/t15-,16-/m0/s1. The molecule has 1 saturated heterocycles. The molecular weight excluding hydrogens is 585 g/mol. The summed E-state index contributed by atoms with van der Waals surface area (Å²) in [7, 11) is -3.94. The van der Waals surface area contributed by atoms with Crippen LogP contribution in [0.15, 0.2) is 58.9 Å². The van der Waals surface area contributed by atoms with Crippen LogP contribution in [0.2, 0.25) is 0 Å². The summed E-state index contributed by atoms with van der Waals surface area (Å²) in [5, 5.41) is -0.0255. The minimum absolute atomic E-state index is 0.0105. The van der Waals surface area contributed by atoms with Gasteiger partial charge in [-0.1, -0.05) is 12.6 Å². The first-order valence-corrected chi connectivity index (χ1v) is 15.1. The van der Waals surface area contributed by atoms with E-state index in [1.807, 2.05) is 0 Å². The van der Waals surface area contributed by atoms with Gasteiger partial charge in [-0.2, -0.15) is 4.98 Å². The van der Waals surface area contributed by atoms with Gasteiger partial charge in [-0.05, 0) is 51.1 Å². The molecular formula is C29H27F3N6O4S. The fraction of sp³-hybridized carbons (Fsp3) is 0.276. The van der Waals surface area contributed by atoms with E-state index in [0.29, 0.717) is 0 Å². The first-order chi connectivity index (χ1) is 20.2. The Morgan fingerprint density at radius 3 is 2.26 bits per heavy atom. The van der Waals surface area contributed by atoms with Crippen LogP contribution < -0.4 is 10.6 Å². The van der Waals surface area contributed by atoms with Gasteiger partial charge in [0.05, 0.1) is 27.2 Å². The molecule has 1 aliphatic rings. The van der Waals surface area contributed by atoms with Gasteiger partial charge < -0.3 is 9.80 Å². The monoisotopic (exact) mass is 612 g/mol. The van der Waals surface area contributed by atoms with E-state index < -0.39 is 56.3 Å². The van der Waals surface area contributed by atoms with Crippen LogP contribution in [0, 0.1) is 24.4 Å². The van der Waals surface area contributed by atoms with E-state index in [1.54, 1.807) is 23.6 Å². The number of pyridine rings is 2. The fourth-order valence-corrected chi connectivity index (χ4v) is 6.46. The molecule has 1 aromatic carbocycles. The van der Waals surface area contributed by atoms with Gasteiger partial charge in [-0.15, -0.1) is 0 Å². The van der Waals surface area contributed by atoms with Crippen molar-refractivity contribution < 1.29 is 26.4 Å². The number of rotatable bonds is 5. The van der Waals surface area contributed by atoms with Crippen LogP contribution in [0.4, 0.5) is 19.0 Å². The zero-order valence-electron chi connectivity index (χ0n) is 23.7. The highest BCUT2D eigenvalue weighted by Crippen LogP contribution is 2.35. The van der Waals surface area contributed by atoms with E-state index in [1.165, 1.54) is 25.3 Å². The number of anilines is 1. The van der Waals surface area contributed by atoms with Gasteiger partial charge in [0.25, 0.3) is 0 Å². The number of benzene rings is 1. The quantitative estimate of drug-likeness (QED) is 0.314. The Morgan fingerprint density at radius 1 is 1.05 bits per heavy atom. The molecule has 14 heteroatoms. The van der Waals surface area contributed by atoms with Crippen LogP contribution in [0.5, 0.6) is 0 Å². The number of fused-ring (bicyclic) bond motifs is 1. The fourth-order valence-electron chi connectivity index (χ4n) is 5.56. The Morgan fingerprint density at radius 2 is 1.67 bits per heavy atom. The molecule has 5 rings (SSSR count). The number of halogens is 3. The highest BCUT2D eigenvalue weighted by atomic mass is 32.2. The zero-order chi connectivity index (χ0) is 31.4. The van der Waals surface area contributed by atoms with E-state index in [-0.39, 0.29) is 52.1 Å². The summed E-state index contributed by atoms with van der Waals surface area (Å²) in [6, 6.07) is 4.32. The van der Waals surface area contributed by atoms with E-state index in [0.717, 1.165) is 35.1 Å². The second-order valence-electron chi connectivity index (χ2n) is 10.4. The summed E-state index contributed by atoms with van der Waals surface area (Å²) in [5.41, 5.74) is -2.82. The largest absolute Gasteiger partial charge is 0.355 e. The highest BCUT2D eigenvalue weighted by molar-refractivity contribution is 7.90. The van der Waals surface area contributed by atoms with Crippen LogP contribution >= 0.6 is 0 Å². The lowest BCUT2D eigenvalue weighted by Gasteiger charge is -2.45. The molecule has 0 radical (unpaired) electrons. The Balaban J connectivity index is 1.89. The maximum Gasteiger partial charge on any atom is 0.355 e. The smallest absolute Gasteiger partial charge is 0.347 e. The lowest BCUT2D eigenvalue weighted by molar-refractivity contribution is -0.127. The first-order valence-electron chi connectivity index (χ1n) is 13.2. The number of aryl methyl sites for hydroxylation is 1. The van der Waals surface area contributed by atoms with Crippen molar-refractivity contribution in [3.63, 3.8) is 0 Å². The van der Waals surface area contributed by atoms with Crippen molar-refractivity contribution in [2.75, 3.05) is 24.2 Å². The van der Waals surface area contributed by atoms with Crippen molar-refractivity contribution in [2.45, 2.75) is 37.8 Å². The van der Waals surface area contributed by atoms with Crippen LogP contribution in [-0.2, 0) is 14.6 Å². The Hall–Kier alpha value is -4.59. The Kier molecular flexibility index (Phi) is 7.59. The molecule has 3 aromatic heterocycles. The molecule has 0 unspecified atom stereocenters. The van der Waals surface area contributed by atoms with Crippen molar-refractivity contribution in [3.8, 4) is 16.9 Å². The van der Waals surface area contributed by atoms with Crippen molar-refractivity contribution in [2.24, 2.45) is 0 Å². The zero-order valence-corrected chi connectivity index (χ0v) is 24.5. The van der Waals surface area contributed by atoms with Crippen molar-refractivity contribution in [1.82, 2.24) is 24.4 Å². The predicted octanol–water partition coefficient (Wildman–Crippen LogP) is 3.58. The molecule has 0 bridgehead atoms. The molecule has 1 amide bonds. The van der Waals surface area contributed by atoms with Crippen molar-refractivity contribution in [3.05, 3.63) is 82.8 Å². The number of hydrogen-bond acceptors (Lipinski definition) is 8. The maximum atomic E-state index is 15.8. The number of sulfone groups is 1. The summed E-state index contributed by atoms with van der Waals surface area (Å²) in [4.78, 5) is 41.9. The second-order valence-corrected chi connectivity index (χ2v) is 12.4. The third-order valence-electron chi connectivity index (χ3n) is 7.34. The summed E-state index contributed by atoms with van der Waals surface area (Å²) in [6.45, 7) is 9.04. The normalized spacial score (nSPS) is 17.4. The maximum absolute atomic E-state index is 15.8. The Bertz CT molecular complexity index is 1950. The first kappa shape index (κ1) is 29.9. The van der Waals surface area contributed by atoms with Crippen LogP contribution in [0.25, 0.3) is 28.0 Å². The number of carbonyl (C=O) groups is 1. The average molecular weight is 613 g/mol. The minimum atomic E-state index is -3.94. The number of aromatic nitrogens is 4. The van der Waals surface area contributed by atoms with Crippen molar-refractivity contribution in [1.29, 1.82) is 0 Å². The molecule has 0 N–H and O–H groups in total. The summed E-state index contributed by atoms with van der Waals surface area (Å²) in [6.07, 6.45) is 3.40. The summed E-state index contributed by atoms with van der Waals surface area (Å²) >= 11 is 0. The molecule has 0 saturated carbocycles. The molecule has 0 aliphatic carbocycles. The molecule has 224 valence electrons. The second kappa shape index (κ2) is 10.9. The van der Waals surface area contributed by atoms with Gasteiger partial charge >= 0.3 is 5.69 Å². The molecule has 2 atom stereocenters. The number of nitrogens with zero attached hydrogens (tertiary/aromatic N) is 6. The third kappa shape index (κ3) is 5.15. The number of carbonyl (C=O) groups excluding carboxylic acids is 1. The van der Waals surface area contributed by atoms with Gasteiger partial charge in [-0.25, -0.2) is 35.9 Å². The highest BCUT2D eigenvalue weighted by Gasteiger charge is 2.35. The predicted molar refractivity (Wildman–Crippen MR) is 154 cm³/mol. The molecule has 10 nitrogen and oxygen atoms in total. The number of hydrogen-bond donors (Lipinski definition) is 0. The minimum Gasteiger partial charge on any atom is -0.347 e. The molecule has 4 heterocycles. The SMILES string of the molecule is C=CC(=O)N1C[C@H](C)N(c2nc(=O)n(-c3c(S(C)(=O)=O)ccnc3C)c3nc(-c4c(F)cccc4F)c(F)cc23)[C@@H](C)C1. The molecule has 1 aliphatic heterocycles. The summed E-state index contributed by atoms with van der Waals surface area (Å²) in [5.74, 6) is -3.55. The number of piperazine rings is 1. The lowest BCUT2D eigenvalue weighted by atomic mass is 10.1. The van der Waals surface area contributed by atoms with Crippen molar-refractivity contribution >= 4 is 32.6 Å². The molecule has 4 aromatic rings. The molecule has 1 fully saturated rings. The van der Waals surface area contributed by atoms with Gasteiger partial charge in [-0.3, -0.25) is 9.78 Å². The summed E-state index contributed by atoms with van der Waals surface area (Å²) < 4.78 is 71.9. The average Bonchev–Trinajstić information content (AvgIpc) is 2.92. The van der Waals surface area contributed by atoms with Crippen LogP contribution in [0.1, 0.15) is 19.5 Å². The van der Waals surface area contributed by atoms with Crippen LogP contribution in [0.3, 0.4) is 0 Å². The van der Waals surface area contributed by atoms with E-state index >= 15 is 4.39 Å². The van der Waals surface area contributed by atoms with Gasteiger partial charge in [0.1, 0.15) is 23.1 Å². The molecule has 43 heavy (non-hydrogen) atoms.